The molecule has 1 aromatic heterocycles. The van der Waals surface area contributed by atoms with E-state index in [2.05, 4.69) is 52.9 Å². The van der Waals surface area contributed by atoms with E-state index in [-0.39, 0.29) is 0 Å². The average molecular weight is 361 g/mol. The third kappa shape index (κ3) is 4.25. The van der Waals surface area contributed by atoms with Crippen molar-refractivity contribution < 1.29 is 5.11 Å². The molecule has 1 aliphatic rings. The van der Waals surface area contributed by atoms with Gasteiger partial charge in [-0.1, -0.05) is 55.3 Å². The molecule has 3 nitrogen and oxygen atoms in total. The van der Waals surface area contributed by atoms with Gasteiger partial charge in [-0.05, 0) is 48.6 Å². The number of unbranched alkanes of at least 4 members (excludes halogenated alkanes) is 2. The second-order valence-electron chi connectivity index (χ2n) is 7.52. The largest absolute Gasteiger partial charge is 0.508 e. The topological polar surface area (TPSA) is 48.0 Å². The number of phenolic OH excluding ortho intramolecular Hbond substituents is 1. The summed E-state index contributed by atoms with van der Waals surface area (Å²) in [7, 11) is 0. The fraction of sp³-hybridized carbons (Fsp3) is 0.333. The molecule has 0 saturated carbocycles. The fourth-order valence-corrected chi connectivity index (χ4v) is 4.21. The van der Waals surface area contributed by atoms with Crippen LogP contribution in [0, 0.1) is 0 Å². The summed E-state index contributed by atoms with van der Waals surface area (Å²) in [6.45, 7) is 0.953. The Morgan fingerprint density at radius 2 is 1.81 bits per heavy atom. The summed E-state index contributed by atoms with van der Waals surface area (Å²) in [6.07, 6.45) is 12.7. The monoisotopic (exact) mass is 360 g/mol. The van der Waals surface area contributed by atoms with Crippen LogP contribution in [0.5, 0.6) is 5.75 Å². The smallest absolute Gasteiger partial charge is 0.115 e. The number of benzene rings is 2. The summed E-state index contributed by atoms with van der Waals surface area (Å²) in [5, 5.41) is 14.6. The minimum Gasteiger partial charge on any atom is -0.508 e. The fourth-order valence-electron chi connectivity index (χ4n) is 4.21. The number of aromatic nitrogens is 1. The Morgan fingerprint density at radius 1 is 0.963 bits per heavy atom. The van der Waals surface area contributed by atoms with Crippen molar-refractivity contribution in [1.29, 1.82) is 0 Å². The lowest BCUT2D eigenvalue weighted by Gasteiger charge is -2.29. The quantitative estimate of drug-likeness (QED) is 0.396. The first-order chi connectivity index (χ1) is 13.3. The molecule has 0 saturated heterocycles. The maximum absolute atomic E-state index is 9.53. The average Bonchev–Trinajstić information content (AvgIpc) is 3.12. The van der Waals surface area contributed by atoms with Crippen molar-refractivity contribution in [1.82, 2.24) is 10.3 Å². The number of aromatic hydroxyl groups is 1. The molecule has 0 spiro atoms. The number of nitrogens with one attached hydrogen (secondary N) is 2. The molecule has 3 heteroatoms. The third-order valence-corrected chi connectivity index (χ3v) is 5.69. The number of fused-ring (bicyclic) bond motifs is 1. The lowest BCUT2D eigenvalue weighted by Crippen LogP contribution is -2.37. The number of H-pyrrole nitrogens is 1. The molecule has 140 valence electrons. The first-order valence-corrected chi connectivity index (χ1v) is 10.1. The highest BCUT2D eigenvalue weighted by Gasteiger charge is 2.22. The highest BCUT2D eigenvalue weighted by Crippen LogP contribution is 2.28. The van der Waals surface area contributed by atoms with Crippen molar-refractivity contribution in [2.24, 2.45) is 0 Å². The van der Waals surface area contributed by atoms with Gasteiger partial charge >= 0.3 is 0 Å². The van der Waals surface area contributed by atoms with Gasteiger partial charge < -0.3 is 15.4 Å². The van der Waals surface area contributed by atoms with E-state index >= 15 is 0 Å². The van der Waals surface area contributed by atoms with Crippen LogP contribution in [0.1, 0.15) is 42.7 Å². The molecule has 27 heavy (non-hydrogen) atoms. The Morgan fingerprint density at radius 3 is 2.70 bits per heavy atom. The van der Waals surface area contributed by atoms with Crippen LogP contribution in [0.4, 0.5) is 0 Å². The minimum absolute atomic E-state index is 0.334. The standard InChI is InChI=1S/C24H28N2O/c27-20-14-12-18(13-15-20)21-9-6-16-25-23(21)10-3-1-2-7-19-17-26-24-11-5-4-8-22(19)24/h4-6,8-9,11-15,17,21,23,25-27H,1-3,7,10,16H2. The lowest BCUT2D eigenvalue weighted by molar-refractivity contribution is 0.428. The van der Waals surface area contributed by atoms with Gasteiger partial charge in [0.25, 0.3) is 0 Å². The number of para-hydroxylation sites is 1. The number of aromatic amines is 1. The zero-order valence-electron chi connectivity index (χ0n) is 15.7. The molecule has 2 aromatic carbocycles. The van der Waals surface area contributed by atoms with E-state index < -0.39 is 0 Å². The maximum atomic E-state index is 9.53. The number of hydrogen-bond acceptors (Lipinski definition) is 2. The molecule has 3 N–H and O–H groups in total. The molecule has 2 heterocycles. The summed E-state index contributed by atoms with van der Waals surface area (Å²) in [4.78, 5) is 3.37. The van der Waals surface area contributed by atoms with Gasteiger partial charge in [0.2, 0.25) is 0 Å². The predicted octanol–water partition coefficient (Wildman–Crippen LogP) is 5.29. The van der Waals surface area contributed by atoms with E-state index in [1.165, 1.54) is 47.7 Å². The Balaban J connectivity index is 1.28. The van der Waals surface area contributed by atoms with Gasteiger partial charge in [0.05, 0.1) is 0 Å². The van der Waals surface area contributed by atoms with Crippen molar-refractivity contribution in [3.63, 3.8) is 0 Å². The maximum Gasteiger partial charge on any atom is 0.115 e. The molecule has 0 amide bonds. The van der Waals surface area contributed by atoms with Crippen molar-refractivity contribution in [2.75, 3.05) is 6.54 Å². The highest BCUT2D eigenvalue weighted by atomic mass is 16.3. The van der Waals surface area contributed by atoms with Crippen LogP contribution < -0.4 is 5.32 Å². The van der Waals surface area contributed by atoms with Crippen LogP contribution in [0.15, 0.2) is 66.9 Å². The number of hydrogen-bond donors (Lipinski definition) is 3. The van der Waals surface area contributed by atoms with Crippen LogP contribution >= 0.6 is 0 Å². The summed E-state index contributed by atoms with van der Waals surface area (Å²) >= 11 is 0. The van der Waals surface area contributed by atoms with E-state index in [1.54, 1.807) is 12.1 Å². The zero-order valence-corrected chi connectivity index (χ0v) is 15.7. The second kappa shape index (κ2) is 8.45. The molecule has 4 rings (SSSR count). The highest BCUT2D eigenvalue weighted by molar-refractivity contribution is 5.82. The number of phenols is 1. The molecule has 1 aliphatic heterocycles. The van der Waals surface area contributed by atoms with Gasteiger partial charge in [-0.25, -0.2) is 0 Å². The van der Waals surface area contributed by atoms with E-state index in [1.807, 2.05) is 12.1 Å². The van der Waals surface area contributed by atoms with Crippen molar-refractivity contribution in [3.05, 3.63) is 78.0 Å². The van der Waals surface area contributed by atoms with Crippen LogP contribution in [-0.4, -0.2) is 22.7 Å². The van der Waals surface area contributed by atoms with Gasteiger partial charge in [0.1, 0.15) is 5.75 Å². The normalized spacial score (nSPS) is 19.6. The van der Waals surface area contributed by atoms with E-state index in [0.29, 0.717) is 17.7 Å². The summed E-state index contributed by atoms with van der Waals surface area (Å²) in [5.74, 6) is 0.730. The molecule has 0 aliphatic carbocycles. The lowest BCUT2D eigenvalue weighted by atomic mass is 9.86. The molecule has 0 radical (unpaired) electrons. The Labute approximate surface area is 161 Å². The summed E-state index contributed by atoms with van der Waals surface area (Å²) in [6, 6.07) is 16.7. The van der Waals surface area contributed by atoms with Crippen molar-refractivity contribution >= 4 is 10.9 Å². The van der Waals surface area contributed by atoms with Crippen LogP contribution in [0.25, 0.3) is 10.9 Å². The Bertz CT molecular complexity index is 894. The minimum atomic E-state index is 0.334. The van der Waals surface area contributed by atoms with Crippen LogP contribution in [-0.2, 0) is 6.42 Å². The van der Waals surface area contributed by atoms with Gasteiger partial charge in [-0.2, -0.15) is 0 Å². The molecule has 2 unspecified atom stereocenters. The van der Waals surface area contributed by atoms with E-state index in [0.717, 1.165) is 13.0 Å². The van der Waals surface area contributed by atoms with E-state index in [9.17, 15) is 5.11 Å². The predicted molar refractivity (Wildman–Crippen MR) is 112 cm³/mol. The van der Waals surface area contributed by atoms with Gasteiger partial charge in [0, 0.05) is 35.6 Å². The summed E-state index contributed by atoms with van der Waals surface area (Å²) in [5.41, 5.74) is 3.95. The molecule has 2 atom stereocenters. The molecular formula is C24H28N2O. The van der Waals surface area contributed by atoms with Gasteiger partial charge in [-0.15, -0.1) is 0 Å². The first kappa shape index (κ1) is 17.9. The first-order valence-electron chi connectivity index (χ1n) is 10.1. The third-order valence-electron chi connectivity index (χ3n) is 5.69. The summed E-state index contributed by atoms with van der Waals surface area (Å²) < 4.78 is 0. The van der Waals surface area contributed by atoms with Gasteiger partial charge in [-0.3, -0.25) is 0 Å². The molecule has 3 aromatic rings. The Hall–Kier alpha value is -2.52. The number of aryl methyl sites for hydroxylation is 1. The van der Waals surface area contributed by atoms with Crippen LogP contribution in [0.2, 0.25) is 0 Å². The van der Waals surface area contributed by atoms with Crippen molar-refractivity contribution in [2.45, 2.75) is 44.1 Å². The molecule has 0 fully saturated rings. The molecular weight excluding hydrogens is 332 g/mol. The van der Waals surface area contributed by atoms with Gasteiger partial charge in [0.15, 0.2) is 0 Å². The molecule has 0 bridgehead atoms. The number of rotatable bonds is 7. The van der Waals surface area contributed by atoms with Crippen LogP contribution in [0.3, 0.4) is 0 Å². The van der Waals surface area contributed by atoms with Crippen molar-refractivity contribution in [3.8, 4) is 5.75 Å². The zero-order chi connectivity index (χ0) is 18.5. The SMILES string of the molecule is Oc1ccc(C2C=CCNC2CCCCCc2c[nH]c3ccccc23)cc1. The van der Waals surface area contributed by atoms with E-state index in [4.69, 9.17) is 0 Å². The second-order valence-corrected chi connectivity index (χ2v) is 7.52. The Kier molecular flexibility index (Phi) is 5.59.